The molecule has 7 atom stereocenters. The van der Waals surface area contributed by atoms with Gasteiger partial charge in [-0.05, 0) is 94.3 Å². The third-order valence-corrected chi connectivity index (χ3v) is 10.7. The first kappa shape index (κ1) is 45.3. The van der Waals surface area contributed by atoms with Gasteiger partial charge in [-0.15, -0.1) is 0 Å². The van der Waals surface area contributed by atoms with Crippen LogP contribution in [0, 0.1) is 11.8 Å². The van der Waals surface area contributed by atoms with E-state index in [1.807, 2.05) is 58.2 Å². The van der Waals surface area contributed by atoms with Gasteiger partial charge >= 0.3 is 5.97 Å². The number of amides is 4. The second kappa shape index (κ2) is 23.1. The molecule has 2 aromatic rings. The minimum atomic E-state index is -1.13. The Hall–Kier alpha value is -4.05. The lowest BCUT2D eigenvalue weighted by Gasteiger charge is -2.32. The summed E-state index contributed by atoms with van der Waals surface area (Å²) in [6.07, 6.45) is 8.19. The SMILES string of the molecule is CC[C@H](C)[C@H](NC(=O)[C@@H](Cc1c[nH]c2ccccc12)NC[C@@H]1CCCN1C(=O)[C@H](CCCCN)NC(=O)[C@@H](N)CCCCN)C(=O)N[C@@H](CC(C)C)C(=O)O. The van der Waals surface area contributed by atoms with E-state index >= 15 is 0 Å². The monoisotopic (exact) mass is 770 g/mol. The van der Waals surface area contributed by atoms with Gasteiger partial charge in [0.15, 0.2) is 0 Å². The molecule has 308 valence electrons. The number of fused-ring (bicyclic) bond motifs is 1. The van der Waals surface area contributed by atoms with E-state index in [0.717, 1.165) is 29.3 Å². The maximum atomic E-state index is 14.3. The number of H-pyrrole nitrogens is 1. The fourth-order valence-corrected chi connectivity index (χ4v) is 7.17. The zero-order chi connectivity index (χ0) is 40.5. The highest BCUT2D eigenvalue weighted by Gasteiger charge is 2.36. The number of nitrogens with one attached hydrogen (secondary N) is 5. The molecule has 1 aliphatic heterocycles. The average Bonchev–Trinajstić information content (AvgIpc) is 3.81. The topological polar surface area (TPSA) is 251 Å². The van der Waals surface area contributed by atoms with Gasteiger partial charge < -0.3 is 53.5 Å². The summed E-state index contributed by atoms with van der Waals surface area (Å²) in [5.74, 6) is -2.89. The summed E-state index contributed by atoms with van der Waals surface area (Å²) in [6.45, 7) is 9.32. The first-order valence-corrected chi connectivity index (χ1v) is 20.2. The standard InChI is InChI=1S/C40H67N9O6/c1-5-26(4)35(38(52)47-34(40(54)55)21-25(2)3)48-37(51)33(22-27-23-44-31-16-7-6-14-29(27)31)45-24-28-13-12-20-49(28)39(53)32(17-9-11-19-42)46-36(50)30(43)15-8-10-18-41/h6-7,14,16,23,25-26,28,30,32-35,44-45H,5,8-13,15,17-22,24,41-43H2,1-4H3,(H,46,50)(H,47,52)(H,48,51)(H,54,55)/t26-,28-,30-,32-,33+,34-,35-/m0/s1. The van der Waals surface area contributed by atoms with Crippen molar-refractivity contribution >= 4 is 40.5 Å². The molecule has 0 bridgehead atoms. The van der Waals surface area contributed by atoms with E-state index in [1.165, 1.54) is 0 Å². The Bertz CT molecular complexity index is 1530. The van der Waals surface area contributed by atoms with Gasteiger partial charge in [0.1, 0.15) is 18.1 Å². The third-order valence-electron chi connectivity index (χ3n) is 10.7. The van der Waals surface area contributed by atoms with Crippen LogP contribution >= 0.6 is 0 Å². The number of nitrogens with two attached hydrogens (primary N) is 3. The molecule has 15 heteroatoms. The lowest BCUT2D eigenvalue weighted by Crippen LogP contribution is -2.59. The van der Waals surface area contributed by atoms with Gasteiger partial charge in [-0.3, -0.25) is 19.2 Å². The molecule has 0 aliphatic carbocycles. The van der Waals surface area contributed by atoms with Crippen molar-refractivity contribution in [2.45, 2.75) is 135 Å². The zero-order valence-electron chi connectivity index (χ0n) is 33.3. The van der Waals surface area contributed by atoms with Gasteiger partial charge in [0.05, 0.1) is 12.1 Å². The first-order valence-electron chi connectivity index (χ1n) is 20.2. The van der Waals surface area contributed by atoms with Crippen LogP contribution < -0.4 is 38.5 Å². The van der Waals surface area contributed by atoms with E-state index in [9.17, 15) is 29.1 Å². The number of carbonyl (C=O) groups is 5. The Morgan fingerprint density at radius 3 is 2.22 bits per heavy atom. The number of hydrogen-bond donors (Lipinski definition) is 9. The molecule has 2 heterocycles. The number of carboxylic acid groups (broad SMARTS) is 1. The van der Waals surface area contributed by atoms with E-state index < -0.39 is 48.0 Å². The Morgan fingerprint density at radius 2 is 1.56 bits per heavy atom. The molecule has 1 aliphatic rings. The quantitative estimate of drug-likeness (QED) is 0.0664. The van der Waals surface area contributed by atoms with Crippen LogP contribution in [-0.2, 0) is 30.4 Å². The number of hydrogen-bond acceptors (Lipinski definition) is 9. The van der Waals surface area contributed by atoms with E-state index in [4.69, 9.17) is 17.2 Å². The molecule has 1 saturated heterocycles. The minimum Gasteiger partial charge on any atom is -0.480 e. The van der Waals surface area contributed by atoms with Crippen LogP contribution in [0.3, 0.4) is 0 Å². The number of aromatic nitrogens is 1. The highest BCUT2D eigenvalue weighted by Crippen LogP contribution is 2.22. The molecule has 0 unspecified atom stereocenters. The van der Waals surface area contributed by atoms with Crippen LogP contribution in [0.15, 0.2) is 30.5 Å². The molecular weight excluding hydrogens is 702 g/mol. The number of carboxylic acids is 1. The first-order chi connectivity index (χ1) is 26.3. The number of likely N-dealkylation sites (tertiary alicyclic amines) is 1. The van der Waals surface area contributed by atoms with Crippen molar-refractivity contribution in [2.24, 2.45) is 29.0 Å². The van der Waals surface area contributed by atoms with Crippen molar-refractivity contribution in [2.75, 3.05) is 26.2 Å². The largest absolute Gasteiger partial charge is 0.480 e. The van der Waals surface area contributed by atoms with Crippen LogP contribution in [0.25, 0.3) is 10.9 Å². The van der Waals surface area contributed by atoms with Crippen molar-refractivity contribution in [1.29, 1.82) is 0 Å². The molecule has 1 aromatic heterocycles. The van der Waals surface area contributed by atoms with Crippen LogP contribution in [0.4, 0.5) is 0 Å². The summed E-state index contributed by atoms with van der Waals surface area (Å²) in [5, 5.41) is 22.7. The molecule has 1 fully saturated rings. The van der Waals surface area contributed by atoms with Gasteiger partial charge in [0.25, 0.3) is 0 Å². The molecule has 4 amide bonds. The number of unbranched alkanes of at least 4 members (excludes halogenated alkanes) is 2. The van der Waals surface area contributed by atoms with Gasteiger partial charge in [-0.2, -0.15) is 0 Å². The van der Waals surface area contributed by atoms with E-state index in [-0.39, 0.29) is 42.5 Å². The number of nitrogens with zero attached hydrogens (tertiary/aromatic N) is 1. The van der Waals surface area contributed by atoms with Crippen LogP contribution in [-0.4, -0.2) is 107 Å². The third kappa shape index (κ3) is 13.9. The second-order valence-corrected chi connectivity index (χ2v) is 15.5. The summed E-state index contributed by atoms with van der Waals surface area (Å²) in [4.78, 5) is 72.1. The van der Waals surface area contributed by atoms with Crippen molar-refractivity contribution in [3.8, 4) is 0 Å². The van der Waals surface area contributed by atoms with E-state index in [0.29, 0.717) is 71.1 Å². The second-order valence-electron chi connectivity index (χ2n) is 15.5. The Morgan fingerprint density at radius 1 is 0.891 bits per heavy atom. The van der Waals surface area contributed by atoms with Crippen molar-refractivity contribution < 1.29 is 29.1 Å². The van der Waals surface area contributed by atoms with Crippen molar-refractivity contribution in [3.05, 3.63) is 36.0 Å². The van der Waals surface area contributed by atoms with Crippen LogP contribution in [0.5, 0.6) is 0 Å². The lowest BCUT2D eigenvalue weighted by atomic mass is 9.96. The number of carbonyl (C=O) groups excluding carboxylic acids is 4. The van der Waals surface area contributed by atoms with Gasteiger partial charge in [-0.1, -0.05) is 58.7 Å². The summed E-state index contributed by atoms with van der Waals surface area (Å²) in [7, 11) is 0. The van der Waals surface area contributed by atoms with Gasteiger partial charge in [0.2, 0.25) is 23.6 Å². The molecule has 1 aromatic carbocycles. The predicted molar refractivity (Wildman–Crippen MR) is 215 cm³/mol. The van der Waals surface area contributed by atoms with Crippen molar-refractivity contribution in [3.63, 3.8) is 0 Å². The Labute approximate surface area is 326 Å². The molecule has 12 N–H and O–H groups in total. The molecule has 55 heavy (non-hydrogen) atoms. The van der Waals surface area contributed by atoms with Gasteiger partial charge in [-0.25, -0.2) is 4.79 Å². The molecule has 0 radical (unpaired) electrons. The minimum absolute atomic E-state index is 0.0337. The number of aromatic amines is 1. The fourth-order valence-electron chi connectivity index (χ4n) is 7.17. The Balaban J connectivity index is 1.83. The summed E-state index contributed by atoms with van der Waals surface area (Å²) < 4.78 is 0. The maximum absolute atomic E-state index is 14.3. The predicted octanol–water partition coefficient (Wildman–Crippen LogP) is 1.88. The summed E-state index contributed by atoms with van der Waals surface area (Å²) in [5.41, 5.74) is 19.4. The van der Waals surface area contributed by atoms with Crippen molar-refractivity contribution in [1.82, 2.24) is 31.2 Å². The zero-order valence-corrected chi connectivity index (χ0v) is 33.3. The van der Waals surface area contributed by atoms with E-state index in [2.05, 4.69) is 26.3 Å². The highest BCUT2D eigenvalue weighted by atomic mass is 16.4. The molecular formula is C40H67N9O6. The highest BCUT2D eigenvalue weighted by molar-refractivity contribution is 5.93. The molecule has 0 spiro atoms. The summed E-state index contributed by atoms with van der Waals surface area (Å²) in [6, 6.07) is 3.18. The smallest absolute Gasteiger partial charge is 0.326 e. The number of para-hydroxylation sites is 1. The Kier molecular flexibility index (Phi) is 19.1. The summed E-state index contributed by atoms with van der Waals surface area (Å²) >= 11 is 0. The van der Waals surface area contributed by atoms with Crippen LogP contribution in [0.2, 0.25) is 0 Å². The maximum Gasteiger partial charge on any atom is 0.326 e. The number of aliphatic carboxylic acids is 1. The average molecular weight is 770 g/mol. The fraction of sp³-hybridized carbons (Fsp3) is 0.675. The lowest BCUT2D eigenvalue weighted by molar-refractivity contribution is -0.143. The number of benzene rings is 1. The number of rotatable bonds is 25. The van der Waals surface area contributed by atoms with Crippen LogP contribution in [0.1, 0.15) is 97.5 Å². The van der Waals surface area contributed by atoms with Gasteiger partial charge in [0, 0.05) is 36.2 Å². The molecule has 3 rings (SSSR count). The molecule has 15 nitrogen and oxygen atoms in total. The molecule has 0 saturated carbocycles. The van der Waals surface area contributed by atoms with E-state index in [1.54, 1.807) is 4.90 Å². The normalized spacial score (nSPS) is 17.7.